The maximum Gasteiger partial charge on any atom is 0.142 e. The van der Waals surface area contributed by atoms with Crippen LogP contribution in [0, 0.1) is 0 Å². The van der Waals surface area contributed by atoms with Gasteiger partial charge in [-0.15, -0.1) is 0 Å². The van der Waals surface area contributed by atoms with E-state index in [1.807, 2.05) is 6.07 Å². The SMILES string of the molecule is Clc1cc(Cl)c(OCCC2CCCO2)c(CBr)c1. The first kappa shape index (κ1) is 14.4. The van der Waals surface area contributed by atoms with Crippen LogP contribution in [0.4, 0.5) is 0 Å². The highest BCUT2D eigenvalue weighted by molar-refractivity contribution is 9.08. The topological polar surface area (TPSA) is 18.5 Å². The summed E-state index contributed by atoms with van der Waals surface area (Å²) >= 11 is 15.5. The lowest BCUT2D eigenvalue weighted by Gasteiger charge is -2.14. The van der Waals surface area contributed by atoms with E-state index in [0.717, 1.165) is 37.2 Å². The third-order valence-corrected chi connectivity index (χ3v) is 4.04. The van der Waals surface area contributed by atoms with Crippen molar-refractivity contribution in [1.82, 2.24) is 0 Å². The molecule has 1 unspecified atom stereocenters. The van der Waals surface area contributed by atoms with Gasteiger partial charge in [0.05, 0.1) is 17.7 Å². The first-order chi connectivity index (χ1) is 8.70. The number of rotatable bonds is 5. The van der Waals surface area contributed by atoms with E-state index in [-0.39, 0.29) is 0 Å². The van der Waals surface area contributed by atoms with Crippen molar-refractivity contribution in [3.63, 3.8) is 0 Å². The van der Waals surface area contributed by atoms with Crippen LogP contribution in [0.5, 0.6) is 5.75 Å². The number of alkyl halides is 1. The molecule has 1 aliphatic heterocycles. The van der Waals surface area contributed by atoms with Crippen LogP contribution in [0.2, 0.25) is 10.0 Å². The van der Waals surface area contributed by atoms with Crippen molar-refractivity contribution < 1.29 is 9.47 Å². The summed E-state index contributed by atoms with van der Waals surface area (Å²) in [5.41, 5.74) is 0.972. The fourth-order valence-electron chi connectivity index (χ4n) is 2.04. The molecule has 1 aromatic rings. The van der Waals surface area contributed by atoms with Crippen LogP contribution in [0.3, 0.4) is 0 Å². The van der Waals surface area contributed by atoms with E-state index in [1.54, 1.807) is 6.07 Å². The summed E-state index contributed by atoms with van der Waals surface area (Å²) in [5.74, 6) is 0.718. The molecule has 100 valence electrons. The molecular formula is C13H15BrCl2O2. The van der Waals surface area contributed by atoms with Gasteiger partial charge in [-0.25, -0.2) is 0 Å². The summed E-state index contributed by atoms with van der Waals surface area (Å²) < 4.78 is 11.3. The van der Waals surface area contributed by atoms with E-state index in [2.05, 4.69) is 15.9 Å². The van der Waals surface area contributed by atoms with Gasteiger partial charge >= 0.3 is 0 Å². The van der Waals surface area contributed by atoms with Crippen molar-refractivity contribution in [1.29, 1.82) is 0 Å². The Hall–Kier alpha value is 0.0400. The van der Waals surface area contributed by atoms with E-state index in [9.17, 15) is 0 Å². The lowest BCUT2D eigenvalue weighted by atomic mass is 10.2. The second kappa shape index (κ2) is 6.99. The molecule has 1 saturated heterocycles. The van der Waals surface area contributed by atoms with Crippen molar-refractivity contribution in [2.75, 3.05) is 13.2 Å². The summed E-state index contributed by atoms with van der Waals surface area (Å²) in [6.07, 6.45) is 3.52. The van der Waals surface area contributed by atoms with E-state index >= 15 is 0 Å². The molecule has 2 rings (SSSR count). The standard InChI is InChI=1S/C13H15BrCl2O2/c14-8-9-6-10(15)7-12(16)13(9)18-5-3-11-2-1-4-17-11/h6-7,11H,1-5,8H2. The molecule has 0 N–H and O–H groups in total. The molecule has 0 spiro atoms. The average molecular weight is 354 g/mol. The maximum absolute atomic E-state index is 6.15. The summed E-state index contributed by atoms with van der Waals surface area (Å²) in [6.45, 7) is 1.49. The highest BCUT2D eigenvalue weighted by Crippen LogP contribution is 2.34. The van der Waals surface area contributed by atoms with Crippen LogP contribution in [-0.2, 0) is 10.1 Å². The molecule has 1 fully saturated rings. The number of halogens is 3. The summed E-state index contributed by atoms with van der Waals surface area (Å²) in [5, 5.41) is 1.85. The van der Waals surface area contributed by atoms with Crippen LogP contribution < -0.4 is 4.74 Å². The molecule has 0 amide bonds. The second-order valence-corrected chi connectivity index (χ2v) is 5.69. The van der Waals surface area contributed by atoms with Crippen molar-refractivity contribution in [2.24, 2.45) is 0 Å². The molecule has 2 nitrogen and oxygen atoms in total. The van der Waals surface area contributed by atoms with E-state index in [0.29, 0.717) is 28.1 Å². The second-order valence-electron chi connectivity index (χ2n) is 4.28. The van der Waals surface area contributed by atoms with Crippen LogP contribution in [0.15, 0.2) is 12.1 Å². The van der Waals surface area contributed by atoms with E-state index in [1.165, 1.54) is 0 Å². The van der Waals surface area contributed by atoms with Crippen LogP contribution >= 0.6 is 39.1 Å². The van der Waals surface area contributed by atoms with Crippen LogP contribution in [-0.4, -0.2) is 19.3 Å². The van der Waals surface area contributed by atoms with Crippen molar-refractivity contribution in [3.8, 4) is 5.75 Å². The number of ether oxygens (including phenoxy) is 2. The molecule has 0 radical (unpaired) electrons. The Morgan fingerprint density at radius 2 is 2.22 bits per heavy atom. The highest BCUT2D eigenvalue weighted by Gasteiger charge is 2.16. The van der Waals surface area contributed by atoms with Gasteiger partial charge in [0.1, 0.15) is 5.75 Å². The Kier molecular flexibility index (Phi) is 5.61. The maximum atomic E-state index is 6.15. The molecule has 0 saturated carbocycles. The number of hydrogen-bond acceptors (Lipinski definition) is 2. The average Bonchev–Trinajstić information content (AvgIpc) is 2.84. The minimum absolute atomic E-state index is 0.337. The summed E-state index contributed by atoms with van der Waals surface area (Å²) in [6, 6.07) is 3.57. The molecule has 0 bridgehead atoms. The van der Waals surface area contributed by atoms with E-state index < -0.39 is 0 Å². The first-order valence-electron chi connectivity index (χ1n) is 5.99. The van der Waals surface area contributed by atoms with Crippen molar-refractivity contribution in [2.45, 2.75) is 30.7 Å². The Bertz CT molecular complexity index is 406. The highest BCUT2D eigenvalue weighted by atomic mass is 79.9. The zero-order valence-electron chi connectivity index (χ0n) is 9.93. The van der Waals surface area contributed by atoms with Gasteiger partial charge in [-0.2, -0.15) is 0 Å². The van der Waals surface area contributed by atoms with Crippen LogP contribution in [0.25, 0.3) is 0 Å². The summed E-state index contributed by atoms with van der Waals surface area (Å²) in [7, 11) is 0. The predicted molar refractivity (Wildman–Crippen MR) is 78.2 cm³/mol. The fraction of sp³-hybridized carbons (Fsp3) is 0.538. The first-order valence-corrected chi connectivity index (χ1v) is 7.86. The minimum atomic E-state index is 0.337. The molecule has 1 heterocycles. The Balaban J connectivity index is 1.95. The smallest absolute Gasteiger partial charge is 0.142 e. The molecule has 0 aromatic heterocycles. The van der Waals surface area contributed by atoms with Crippen molar-refractivity contribution in [3.05, 3.63) is 27.7 Å². The van der Waals surface area contributed by atoms with Gasteiger partial charge in [0.2, 0.25) is 0 Å². The third-order valence-electron chi connectivity index (χ3n) is 2.94. The predicted octanol–water partition coefficient (Wildman–Crippen LogP) is 4.84. The molecular weight excluding hydrogens is 339 g/mol. The Morgan fingerprint density at radius 1 is 1.39 bits per heavy atom. The van der Waals surface area contributed by atoms with Gasteiger partial charge in [-0.05, 0) is 25.0 Å². The van der Waals surface area contributed by atoms with E-state index in [4.69, 9.17) is 32.7 Å². The minimum Gasteiger partial charge on any atom is -0.492 e. The molecule has 1 aliphatic rings. The molecule has 0 aliphatic carbocycles. The van der Waals surface area contributed by atoms with Gasteiger partial charge in [-0.3, -0.25) is 0 Å². The Labute approximate surface area is 126 Å². The monoisotopic (exact) mass is 352 g/mol. The van der Waals surface area contributed by atoms with Gasteiger partial charge in [0.15, 0.2) is 0 Å². The Morgan fingerprint density at radius 3 is 2.89 bits per heavy atom. The lowest BCUT2D eigenvalue weighted by Crippen LogP contribution is -2.11. The zero-order valence-corrected chi connectivity index (χ0v) is 13.0. The zero-order chi connectivity index (χ0) is 13.0. The molecule has 5 heteroatoms. The van der Waals surface area contributed by atoms with Crippen LogP contribution in [0.1, 0.15) is 24.8 Å². The molecule has 1 aromatic carbocycles. The lowest BCUT2D eigenvalue weighted by molar-refractivity contribution is 0.0902. The fourth-order valence-corrected chi connectivity index (χ4v) is 3.05. The van der Waals surface area contributed by atoms with Crippen molar-refractivity contribution >= 4 is 39.1 Å². The van der Waals surface area contributed by atoms with Gasteiger partial charge in [0.25, 0.3) is 0 Å². The largest absolute Gasteiger partial charge is 0.492 e. The van der Waals surface area contributed by atoms with Gasteiger partial charge in [-0.1, -0.05) is 39.1 Å². The van der Waals surface area contributed by atoms with Gasteiger partial charge < -0.3 is 9.47 Å². The van der Waals surface area contributed by atoms with Gasteiger partial charge in [0, 0.05) is 28.9 Å². The normalized spacial score (nSPS) is 19.2. The summed E-state index contributed by atoms with van der Waals surface area (Å²) in [4.78, 5) is 0. The quantitative estimate of drug-likeness (QED) is 0.705. The molecule has 18 heavy (non-hydrogen) atoms. The number of hydrogen-bond donors (Lipinski definition) is 0. The molecule has 1 atom stereocenters. The third kappa shape index (κ3) is 3.77. The number of benzene rings is 1.